The van der Waals surface area contributed by atoms with Crippen molar-refractivity contribution < 1.29 is 13.2 Å². The zero-order valence-corrected chi connectivity index (χ0v) is 16.4. The average Bonchev–Trinajstić information content (AvgIpc) is 3.16. The molecule has 0 saturated carbocycles. The zero-order valence-electron chi connectivity index (χ0n) is 13.2. The number of nitrogens with one attached hydrogen (secondary N) is 1. The van der Waals surface area contributed by atoms with E-state index in [1.807, 2.05) is 17.5 Å². The van der Waals surface area contributed by atoms with Gasteiger partial charge in [-0.3, -0.25) is 0 Å². The molecule has 0 spiro atoms. The van der Waals surface area contributed by atoms with Gasteiger partial charge in [0.25, 0.3) is 0 Å². The van der Waals surface area contributed by atoms with Gasteiger partial charge >= 0.3 is 0 Å². The molecule has 2 heterocycles. The molecule has 0 aliphatic heterocycles. The fourth-order valence-electron chi connectivity index (χ4n) is 2.05. The Morgan fingerprint density at radius 2 is 1.96 bits per heavy atom. The topological polar surface area (TPSA) is 81.2 Å². The Balaban J connectivity index is 1.54. The summed E-state index contributed by atoms with van der Waals surface area (Å²) in [6.45, 7) is 0.129. The number of thiophene rings is 1. The van der Waals surface area contributed by atoms with E-state index in [1.54, 1.807) is 23.5 Å². The lowest BCUT2D eigenvalue weighted by Crippen LogP contribution is -2.28. The first kappa shape index (κ1) is 19.1. The summed E-state index contributed by atoms with van der Waals surface area (Å²) in [4.78, 5) is 0.932. The first-order valence-corrected chi connectivity index (χ1v) is 10.5. The summed E-state index contributed by atoms with van der Waals surface area (Å²) >= 11 is 13.3. The molecule has 0 amide bonds. The van der Waals surface area contributed by atoms with Crippen LogP contribution in [0.15, 0.2) is 52.7 Å². The van der Waals surface area contributed by atoms with Crippen molar-refractivity contribution in [2.45, 2.75) is 4.90 Å². The van der Waals surface area contributed by atoms with Crippen LogP contribution in [-0.2, 0) is 10.0 Å². The number of aromatic nitrogens is 2. The molecule has 0 unspecified atom stereocenters. The molecule has 0 aliphatic carbocycles. The molecule has 10 heteroatoms. The first-order chi connectivity index (χ1) is 12.5. The zero-order chi connectivity index (χ0) is 18.6. The van der Waals surface area contributed by atoms with Gasteiger partial charge < -0.3 is 4.74 Å². The number of hydrogen-bond acceptors (Lipinski definition) is 6. The number of nitrogens with zero attached hydrogens (tertiary/aromatic N) is 2. The Labute approximate surface area is 164 Å². The Morgan fingerprint density at radius 3 is 2.65 bits per heavy atom. The van der Waals surface area contributed by atoms with Gasteiger partial charge in [0.15, 0.2) is 0 Å². The average molecular weight is 430 g/mol. The van der Waals surface area contributed by atoms with Gasteiger partial charge in [-0.25, -0.2) is 13.1 Å². The molecule has 0 radical (unpaired) electrons. The molecule has 26 heavy (non-hydrogen) atoms. The smallest absolute Gasteiger partial charge is 0.242 e. The van der Waals surface area contributed by atoms with Crippen molar-refractivity contribution in [3.63, 3.8) is 0 Å². The minimum absolute atomic E-state index is 0.0412. The summed E-state index contributed by atoms with van der Waals surface area (Å²) in [6.07, 6.45) is 0. The summed E-state index contributed by atoms with van der Waals surface area (Å²) in [6, 6.07) is 11.6. The minimum Gasteiger partial charge on any atom is -0.475 e. The Bertz CT molecular complexity index is 978. The Kier molecular flexibility index (Phi) is 6.10. The number of benzene rings is 1. The van der Waals surface area contributed by atoms with Gasteiger partial charge in [-0.15, -0.1) is 21.5 Å². The molecule has 1 aromatic carbocycles. The second-order valence-corrected chi connectivity index (χ2v) is 8.58. The molecule has 136 valence electrons. The van der Waals surface area contributed by atoms with E-state index in [2.05, 4.69) is 14.9 Å². The van der Waals surface area contributed by atoms with Crippen LogP contribution in [0, 0.1) is 0 Å². The number of ether oxygens (including phenoxy) is 1. The van der Waals surface area contributed by atoms with Crippen LogP contribution in [0.3, 0.4) is 0 Å². The highest BCUT2D eigenvalue weighted by molar-refractivity contribution is 7.89. The van der Waals surface area contributed by atoms with Crippen molar-refractivity contribution in [2.75, 3.05) is 13.2 Å². The van der Waals surface area contributed by atoms with E-state index in [1.165, 1.54) is 18.2 Å². The third kappa shape index (κ3) is 4.72. The molecular formula is C16H13Cl2N3O3S2. The van der Waals surface area contributed by atoms with E-state index in [9.17, 15) is 8.42 Å². The van der Waals surface area contributed by atoms with E-state index < -0.39 is 10.0 Å². The van der Waals surface area contributed by atoms with Crippen LogP contribution in [-0.4, -0.2) is 31.8 Å². The van der Waals surface area contributed by atoms with Gasteiger partial charge in [0.05, 0.1) is 9.90 Å². The highest BCUT2D eigenvalue weighted by atomic mass is 35.5. The van der Waals surface area contributed by atoms with Crippen molar-refractivity contribution in [3.05, 3.63) is 57.9 Å². The normalized spacial score (nSPS) is 11.5. The van der Waals surface area contributed by atoms with Crippen molar-refractivity contribution in [3.8, 4) is 16.5 Å². The van der Waals surface area contributed by atoms with Crippen LogP contribution in [0.4, 0.5) is 0 Å². The highest BCUT2D eigenvalue weighted by Gasteiger charge is 2.18. The van der Waals surface area contributed by atoms with E-state index in [0.29, 0.717) is 5.88 Å². The molecule has 6 nitrogen and oxygen atoms in total. The quantitative estimate of drug-likeness (QED) is 0.576. The Morgan fingerprint density at radius 1 is 1.12 bits per heavy atom. The van der Waals surface area contributed by atoms with Crippen molar-refractivity contribution in [1.29, 1.82) is 0 Å². The lowest BCUT2D eigenvalue weighted by molar-refractivity contribution is 0.307. The lowest BCUT2D eigenvalue weighted by atomic mass is 10.3. The SMILES string of the molecule is O=S(=O)(NCCOc1ccc(-c2cccs2)nn1)c1cc(Cl)ccc1Cl. The maximum absolute atomic E-state index is 12.3. The predicted octanol–water partition coefficient (Wildman–Crippen LogP) is 3.87. The molecule has 3 rings (SSSR count). The monoisotopic (exact) mass is 429 g/mol. The lowest BCUT2D eigenvalue weighted by Gasteiger charge is -2.09. The van der Waals surface area contributed by atoms with Crippen LogP contribution in [0.2, 0.25) is 10.0 Å². The molecule has 0 fully saturated rings. The summed E-state index contributed by atoms with van der Waals surface area (Å²) in [7, 11) is -3.79. The molecule has 0 aliphatic rings. The van der Waals surface area contributed by atoms with Crippen molar-refractivity contribution >= 4 is 44.6 Å². The van der Waals surface area contributed by atoms with Crippen LogP contribution in [0.25, 0.3) is 10.6 Å². The molecule has 0 saturated heterocycles. The van der Waals surface area contributed by atoms with Gasteiger partial charge in [0.2, 0.25) is 15.9 Å². The molecule has 1 N–H and O–H groups in total. The fourth-order valence-corrected chi connectivity index (χ4v) is 4.51. The minimum atomic E-state index is -3.79. The van der Waals surface area contributed by atoms with Crippen LogP contribution in [0.5, 0.6) is 5.88 Å². The molecule has 0 atom stereocenters. The second-order valence-electron chi connectivity index (χ2n) is 5.06. The second kappa shape index (κ2) is 8.32. The van der Waals surface area contributed by atoms with Gasteiger partial charge in [0, 0.05) is 17.6 Å². The maximum atomic E-state index is 12.3. The largest absolute Gasteiger partial charge is 0.475 e. The molecule has 0 bridgehead atoms. The van der Waals surface area contributed by atoms with Crippen molar-refractivity contribution in [1.82, 2.24) is 14.9 Å². The van der Waals surface area contributed by atoms with E-state index in [0.717, 1.165) is 10.6 Å². The van der Waals surface area contributed by atoms with Crippen LogP contribution >= 0.6 is 34.5 Å². The number of rotatable bonds is 7. The highest BCUT2D eigenvalue weighted by Crippen LogP contribution is 2.25. The van der Waals surface area contributed by atoms with Crippen LogP contribution < -0.4 is 9.46 Å². The molecular weight excluding hydrogens is 417 g/mol. The third-order valence-corrected chi connectivity index (χ3v) is 6.31. The number of halogens is 2. The van der Waals surface area contributed by atoms with Gasteiger partial charge in [-0.2, -0.15) is 0 Å². The van der Waals surface area contributed by atoms with Crippen molar-refractivity contribution in [2.24, 2.45) is 0 Å². The summed E-state index contributed by atoms with van der Waals surface area (Å²) in [5, 5.41) is 10.4. The number of sulfonamides is 1. The summed E-state index contributed by atoms with van der Waals surface area (Å²) < 4.78 is 32.3. The first-order valence-electron chi connectivity index (χ1n) is 7.41. The fraction of sp³-hybridized carbons (Fsp3) is 0.125. The maximum Gasteiger partial charge on any atom is 0.242 e. The Hall–Kier alpha value is -1.71. The predicted molar refractivity (Wildman–Crippen MR) is 102 cm³/mol. The van der Waals surface area contributed by atoms with E-state index in [4.69, 9.17) is 27.9 Å². The summed E-state index contributed by atoms with van der Waals surface area (Å²) in [5.41, 5.74) is 0.753. The third-order valence-electron chi connectivity index (χ3n) is 3.24. The van der Waals surface area contributed by atoms with Gasteiger partial charge in [-0.1, -0.05) is 29.3 Å². The number of hydrogen-bond donors (Lipinski definition) is 1. The van der Waals surface area contributed by atoms with E-state index >= 15 is 0 Å². The van der Waals surface area contributed by atoms with E-state index in [-0.39, 0.29) is 28.1 Å². The molecule has 3 aromatic rings. The standard InChI is InChI=1S/C16H13Cl2N3O3S2/c17-11-3-4-12(18)15(10-11)26(22,23)19-7-8-24-16-6-5-13(20-21-16)14-2-1-9-25-14/h1-6,9-10,19H,7-8H2. The van der Waals surface area contributed by atoms with Gasteiger partial charge in [-0.05, 0) is 35.7 Å². The summed E-state index contributed by atoms with van der Waals surface area (Å²) in [5.74, 6) is 0.310. The van der Waals surface area contributed by atoms with Gasteiger partial charge in [0.1, 0.15) is 17.2 Å². The van der Waals surface area contributed by atoms with Crippen LogP contribution in [0.1, 0.15) is 0 Å². The molecule has 2 aromatic heterocycles.